The maximum Gasteiger partial charge on any atom is 0.0154 e. The molecule has 0 unspecified atom stereocenters. The van der Waals surface area contributed by atoms with Crippen molar-refractivity contribution in [1.82, 2.24) is 0 Å². The van der Waals surface area contributed by atoms with Crippen LogP contribution >= 0.6 is 11.8 Å². The van der Waals surface area contributed by atoms with E-state index in [1.807, 2.05) is 17.8 Å². The van der Waals surface area contributed by atoms with Gasteiger partial charge in [-0.25, -0.2) is 0 Å². The highest BCUT2D eigenvalue weighted by Gasteiger charge is 1.83. The standard InChI is InChI=1S/C11H18S/c1-4-6-7-9-12-10-11(3)8-5-2/h5-7,10H,2,4,8-9H2,1,3H3/b7-6-,11-10-. The summed E-state index contributed by atoms with van der Waals surface area (Å²) in [4.78, 5) is 0. The van der Waals surface area contributed by atoms with Gasteiger partial charge < -0.3 is 0 Å². The lowest BCUT2D eigenvalue weighted by molar-refractivity contribution is 1.22. The van der Waals surface area contributed by atoms with E-state index in [-0.39, 0.29) is 0 Å². The molecule has 68 valence electrons. The average Bonchev–Trinajstić information content (AvgIpc) is 2.05. The molecule has 0 aliphatic rings. The molecule has 0 fully saturated rings. The molecule has 0 aliphatic carbocycles. The maximum atomic E-state index is 3.69. The van der Waals surface area contributed by atoms with Gasteiger partial charge >= 0.3 is 0 Å². The Morgan fingerprint density at radius 3 is 2.75 bits per heavy atom. The van der Waals surface area contributed by atoms with E-state index < -0.39 is 0 Å². The van der Waals surface area contributed by atoms with Crippen LogP contribution < -0.4 is 0 Å². The van der Waals surface area contributed by atoms with Gasteiger partial charge in [-0.2, -0.15) is 0 Å². The van der Waals surface area contributed by atoms with E-state index in [0.717, 1.165) is 18.6 Å². The van der Waals surface area contributed by atoms with Gasteiger partial charge in [-0.3, -0.25) is 0 Å². The van der Waals surface area contributed by atoms with Gasteiger partial charge in [-0.05, 0) is 25.2 Å². The molecule has 0 nitrogen and oxygen atoms in total. The molecule has 0 atom stereocenters. The Balaban J connectivity index is 3.45. The Morgan fingerprint density at radius 2 is 2.17 bits per heavy atom. The quantitative estimate of drug-likeness (QED) is 0.439. The zero-order valence-corrected chi connectivity index (χ0v) is 8.86. The first-order valence-corrected chi connectivity index (χ1v) is 5.39. The van der Waals surface area contributed by atoms with Crippen molar-refractivity contribution in [1.29, 1.82) is 0 Å². The summed E-state index contributed by atoms with van der Waals surface area (Å²) in [5, 5.41) is 2.21. The van der Waals surface area contributed by atoms with Crippen LogP contribution in [0, 0.1) is 0 Å². The van der Waals surface area contributed by atoms with Crippen LogP contribution in [0.4, 0.5) is 0 Å². The first kappa shape index (κ1) is 11.6. The number of rotatable bonds is 6. The zero-order valence-electron chi connectivity index (χ0n) is 8.05. The topological polar surface area (TPSA) is 0 Å². The van der Waals surface area contributed by atoms with E-state index in [9.17, 15) is 0 Å². The monoisotopic (exact) mass is 182 g/mol. The molecule has 12 heavy (non-hydrogen) atoms. The number of hydrogen-bond acceptors (Lipinski definition) is 1. The summed E-state index contributed by atoms with van der Waals surface area (Å²) in [5.74, 6) is 1.09. The van der Waals surface area contributed by atoms with Crippen LogP contribution in [0.25, 0.3) is 0 Å². The zero-order chi connectivity index (χ0) is 9.23. The molecule has 0 radical (unpaired) electrons. The largest absolute Gasteiger partial charge is 0.130 e. The minimum Gasteiger partial charge on any atom is -0.130 e. The third-order valence-corrected chi connectivity index (χ3v) is 2.30. The molecule has 0 aromatic carbocycles. The smallest absolute Gasteiger partial charge is 0.0154 e. The van der Waals surface area contributed by atoms with Crippen molar-refractivity contribution in [2.75, 3.05) is 5.75 Å². The van der Waals surface area contributed by atoms with Gasteiger partial charge in [0.2, 0.25) is 0 Å². The molecule has 0 N–H and O–H groups in total. The Kier molecular flexibility index (Phi) is 8.35. The minimum absolute atomic E-state index is 1.00. The van der Waals surface area contributed by atoms with Gasteiger partial charge in [-0.1, -0.05) is 30.7 Å². The highest BCUT2D eigenvalue weighted by molar-refractivity contribution is 8.02. The molecule has 0 saturated heterocycles. The number of hydrogen-bond donors (Lipinski definition) is 0. The number of thioether (sulfide) groups is 1. The third kappa shape index (κ3) is 7.67. The SMILES string of the molecule is C=CC/C(C)=C\SC/C=C\CC. The van der Waals surface area contributed by atoms with E-state index >= 15 is 0 Å². The van der Waals surface area contributed by atoms with Gasteiger partial charge in [0.15, 0.2) is 0 Å². The Hall–Kier alpha value is -0.430. The fraction of sp³-hybridized carbons (Fsp3) is 0.455. The second-order valence-corrected chi connectivity index (χ2v) is 3.57. The van der Waals surface area contributed by atoms with E-state index in [1.165, 1.54) is 5.57 Å². The molecule has 0 spiro atoms. The van der Waals surface area contributed by atoms with Gasteiger partial charge in [0.1, 0.15) is 0 Å². The van der Waals surface area contributed by atoms with Gasteiger partial charge in [-0.15, -0.1) is 18.3 Å². The predicted molar refractivity (Wildman–Crippen MR) is 60.5 cm³/mol. The average molecular weight is 182 g/mol. The molecule has 0 saturated carbocycles. The molecular weight excluding hydrogens is 164 g/mol. The molecule has 0 aliphatic heterocycles. The van der Waals surface area contributed by atoms with E-state index in [0.29, 0.717) is 0 Å². The van der Waals surface area contributed by atoms with Crippen molar-refractivity contribution < 1.29 is 0 Å². The summed E-state index contributed by atoms with van der Waals surface area (Å²) in [5.41, 5.74) is 1.39. The Morgan fingerprint density at radius 1 is 1.42 bits per heavy atom. The van der Waals surface area contributed by atoms with E-state index in [1.54, 1.807) is 0 Å². The predicted octanol–water partition coefficient (Wildman–Crippen LogP) is 4.17. The van der Waals surface area contributed by atoms with Crippen molar-refractivity contribution >= 4 is 11.8 Å². The van der Waals surface area contributed by atoms with Crippen molar-refractivity contribution in [3.05, 3.63) is 35.8 Å². The fourth-order valence-electron chi connectivity index (χ4n) is 0.756. The van der Waals surface area contributed by atoms with Gasteiger partial charge in [0.05, 0.1) is 0 Å². The second-order valence-electron chi connectivity index (χ2n) is 2.67. The highest BCUT2D eigenvalue weighted by Crippen LogP contribution is 2.10. The molecule has 0 heterocycles. The fourth-order valence-corrected chi connectivity index (χ4v) is 1.48. The van der Waals surface area contributed by atoms with Crippen LogP contribution in [0.15, 0.2) is 35.8 Å². The van der Waals surface area contributed by atoms with Crippen LogP contribution in [0.5, 0.6) is 0 Å². The lowest BCUT2D eigenvalue weighted by atomic mass is 10.2. The van der Waals surface area contributed by atoms with E-state index in [2.05, 4.69) is 38.0 Å². The first-order chi connectivity index (χ1) is 5.81. The van der Waals surface area contributed by atoms with Crippen molar-refractivity contribution in [3.63, 3.8) is 0 Å². The molecule has 0 rings (SSSR count). The summed E-state index contributed by atoms with van der Waals surface area (Å²) in [6, 6.07) is 0. The second kappa shape index (κ2) is 8.66. The van der Waals surface area contributed by atoms with Crippen LogP contribution in [-0.2, 0) is 0 Å². The summed E-state index contributed by atoms with van der Waals surface area (Å²) in [7, 11) is 0. The lowest BCUT2D eigenvalue weighted by Gasteiger charge is -1.93. The molecule has 0 bridgehead atoms. The van der Waals surface area contributed by atoms with Gasteiger partial charge in [0.25, 0.3) is 0 Å². The van der Waals surface area contributed by atoms with Crippen LogP contribution in [0.1, 0.15) is 26.7 Å². The van der Waals surface area contributed by atoms with E-state index in [4.69, 9.17) is 0 Å². The summed E-state index contributed by atoms with van der Waals surface area (Å²) in [6.07, 6.45) is 8.49. The molecule has 0 aromatic heterocycles. The van der Waals surface area contributed by atoms with Crippen molar-refractivity contribution in [3.8, 4) is 0 Å². The molecule has 0 aromatic rings. The molecular formula is C11H18S. The summed E-state index contributed by atoms with van der Waals surface area (Å²) < 4.78 is 0. The van der Waals surface area contributed by atoms with Crippen LogP contribution in [-0.4, -0.2) is 5.75 Å². The summed E-state index contributed by atoms with van der Waals surface area (Å²) in [6.45, 7) is 7.98. The van der Waals surface area contributed by atoms with Crippen molar-refractivity contribution in [2.45, 2.75) is 26.7 Å². The third-order valence-electron chi connectivity index (χ3n) is 1.35. The molecule has 1 heteroatoms. The summed E-state index contributed by atoms with van der Waals surface area (Å²) >= 11 is 1.84. The maximum absolute atomic E-state index is 3.69. The minimum atomic E-state index is 1.00. The highest BCUT2D eigenvalue weighted by atomic mass is 32.2. The lowest BCUT2D eigenvalue weighted by Crippen LogP contribution is -1.71. The molecule has 0 amide bonds. The first-order valence-electron chi connectivity index (χ1n) is 4.34. The number of allylic oxidation sites excluding steroid dienone is 3. The Bertz CT molecular complexity index is 166. The van der Waals surface area contributed by atoms with Gasteiger partial charge in [0, 0.05) is 5.75 Å². The Labute approximate surface area is 80.4 Å². The van der Waals surface area contributed by atoms with Crippen LogP contribution in [0.3, 0.4) is 0 Å². The van der Waals surface area contributed by atoms with Crippen LogP contribution in [0.2, 0.25) is 0 Å². The normalized spacial score (nSPS) is 12.3. The van der Waals surface area contributed by atoms with Crippen molar-refractivity contribution in [2.24, 2.45) is 0 Å².